The van der Waals surface area contributed by atoms with Crippen LogP contribution >= 0.6 is 0 Å². The molecule has 0 aliphatic heterocycles. The lowest BCUT2D eigenvalue weighted by atomic mass is 10.2. The van der Waals surface area contributed by atoms with Crippen molar-refractivity contribution in [2.75, 3.05) is 19.0 Å². The van der Waals surface area contributed by atoms with Crippen LogP contribution in [0, 0.1) is 6.92 Å². The Morgan fingerprint density at radius 1 is 1.22 bits per heavy atom. The van der Waals surface area contributed by atoms with Gasteiger partial charge in [-0.2, -0.15) is 0 Å². The molecular weight excluding hydrogens is 226 g/mol. The van der Waals surface area contributed by atoms with Gasteiger partial charge in [-0.25, -0.2) is 9.97 Å². The molecule has 0 aliphatic carbocycles. The van der Waals surface area contributed by atoms with Crippen molar-refractivity contribution in [2.24, 2.45) is 0 Å². The lowest BCUT2D eigenvalue weighted by Gasteiger charge is -2.15. The van der Waals surface area contributed by atoms with E-state index in [1.807, 2.05) is 31.2 Å². The van der Waals surface area contributed by atoms with Crippen LogP contribution in [0.1, 0.15) is 19.0 Å². The maximum Gasteiger partial charge on any atom is 0.148 e. The summed E-state index contributed by atoms with van der Waals surface area (Å²) in [7, 11) is 1.72. The van der Waals surface area contributed by atoms with Crippen molar-refractivity contribution in [3.05, 3.63) is 30.0 Å². The first-order chi connectivity index (χ1) is 8.70. The standard InChI is InChI=1S/C14H19N3O/c1-10(8-9-18-3)15-14-11(2)16-12-6-4-5-7-13(12)17-14/h4-7,10H,8-9H2,1-3H3,(H,15,17). The highest BCUT2D eigenvalue weighted by molar-refractivity contribution is 5.76. The van der Waals surface area contributed by atoms with Gasteiger partial charge in [-0.1, -0.05) is 12.1 Å². The number of methoxy groups -OCH3 is 1. The van der Waals surface area contributed by atoms with Crippen LogP contribution in [0.3, 0.4) is 0 Å². The molecular formula is C14H19N3O. The van der Waals surface area contributed by atoms with Gasteiger partial charge in [-0.15, -0.1) is 0 Å². The number of rotatable bonds is 5. The Bertz CT molecular complexity index is 527. The van der Waals surface area contributed by atoms with Crippen LogP contribution < -0.4 is 5.32 Å². The van der Waals surface area contributed by atoms with E-state index in [0.717, 1.165) is 35.6 Å². The number of para-hydroxylation sites is 2. The highest BCUT2D eigenvalue weighted by atomic mass is 16.5. The fourth-order valence-corrected chi connectivity index (χ4v) is 1.83. The zero-order valence-electron chi connectivity index (χ0n) is 11.1. The summed E-state index contributed by atoms with van der Waals surface area (Å²) in [5.74, 6) is 0.859. The van der Waals surface area contributed by atoms with Gasteiger partial charge in [0.05, 0.1) is 16.7 Å². The Balaban J connectivity index is 2.19. The highest BCUT2D eigenvalue weighted by Gasteiger charge is 2.08. The van der Waals surface area contributed by atoms with Gasteiger partial charge < -0.3 is 10.1 Å². The molecule has 1 unspecified atom stereocenters. The van der Waals surface area contributed by atoms with Crippen LogP contribution in [0.2, 0.25) is 0 Å². The van der Waals surface area contributed by atoms with E-state index in [0.29, 0.717) is 6.04 Å². The van der Waals surface area contributed by atoms with E-state index in [9.17, 15) is 0 Å². The molecule has 1 atom stereocenters. The number of benzene rings is 1. The van der Waals surface area contributed by atoms with Gasteiger partial charge in [0.15, 0.2) is 0 Å². The number of nitrogens with one attached hydrogen (secondary N) is 1. The van der Waals surface area contributed by atoms with Crippen molar-refractivity contribution < 1.29 is 4.74 Å². The van der Waals surface area contributed by atoms with Gasteiger partial charge in [0, 0.05) is 19.8 Å². The van der Waals surface area contributed by atoms with E-state index in [1.165, 1.54) is 0 Å². The fraction of sp³-hybridized carbons (Fsp3) is 0.429. The Hall–Kier alpha value is -1.68. The number of nitrogens with zero attached hydrogens (tertiary/aromatic N) is 2. The average molecular weight is 245 g/mol. The summed E-state index contributed by atoms with van der Waals surface area (Å²) < 4.78 is 5.07. The summed E-state index contributed by atoms with van der Waals surface area (Å²) in [5, 5.41) is 3.38. The lowest BCUT2D eigenvalue weighted by Crippen LogP contribution is -2.19. The zero-order chi connectivity index (χ0) is 13.0. The third-order valence-corrected chi connectivity index (χ3v) is 2.88. The van der Waals surface area contributed by atoms with Gasteiger partial charge in [0.1, 0.15) is 5.82 Å². The number of ether oxygens (including phenoxy) is 1. The molecule has 1 heterocycles. The normalized spacial score (nSPS) is 12.6. The van der Waals surface area contributed by atoms with Crippen molar-refractivity contribution in [3.8, 4) is 0 Å². The van der Waals surface area contributed by atoms with Gasteiger partial charge in [-0.3, -0.25) is 0 Å². The third kappa shape index (κ3) is 2.96. The monoisotopic (exact) mass is 245 g/mol. The highest BCUT2D eigenvalue weighted by Crippen LogP contribution is 2.17. The molecule has 0 fully saturated rings. The van der Waals surface area contributed by atoms with E-state index in [-0.39, 0.29) is 0 Å². The number of hydrogen-bond acceptors (Lipinski definition) is 4. The van der Waals surface area contributed by atoms with E-state index in [4.69, 9.17) is 4.74 Å². The van der Waals surface area contributed by atoms with E-state index in [2.05, 4.69) is 22.2 Å². The quantitative estimate of drug-likeness (QED) is 0.880. The smallest absolute Gasteiger partial charge is 0.148 e. The van der Waals surface area contributed by atoms with Gasteiger partial charge in [0.25, 0.3) is 0 Å². The Morgan fingerprint density at radius 3 is 2.56 bits per heavy atom. The molecule has 0 bridgehead atoms. The molecule has 2 aromatic rings. The molecule has 1 aromatic heterocycles. The van der Waals surface area contributed by atoms with Crippen molar-refractivity contribution in [2.45, 2.75) is 26.3 Å². The first-order valence-corrected chi connectivity index (χ1v) is 6.19. The summed E-state index contributed by atoms with van der Waals surface area (Å²) in [4.78, 5) is 9.16. The molecule has 0 spiro atoms. The summed E-state index contributed by atoms with van der Waals surface area (Å²) in [6, 6.07) is 8.23. The molecule has 0 saturated heterocycles. The maximum atomic E-state index is 5.07. The Labute approximate surface area is 107 Å². The summed E-state index contributed by atoms with van der Waals surface area (Å²) >= 11 is 0. The minimum absolute atomic E-state index is 0.319. The molecule has 2 rings (SSSR count). The van der Waals surface area contributed by atoms with E-state index < -0.39 is 0 Å². The van der Waals surface area contributed by atoms with E-state index >= 15 is 0 Å². The number of aryl methyl sites for hydroxylation is 1. The molecule has 0 saturated carbocycles. The lowest BCUT2D eigenvalue weighted by molar-refractivity contribution is 0.191. The van der Waals surface area contributed by atoms with Crippen LogP contribution in [0.4, 0.5) is 5.82 Å². The molecule has 1 aromatic carbocycles. The molecule has 96 valence electrons. The first-order valence-electron chi connectivity index (χ1n) is 6.19. The minimum Gasteiger partial charge on any atom is -0.385 e. The number of aromatic nitrogens is 2. The predicted molar refractivity (Wildman–Crippen MR) is 73.9 cm³/mol. The number of fused-ring (bicyclic) bond motifs is 1. The van der Waals surface area contributed by atoms with Crippen molar-refractivity contribution in [3.63, 3.8) is 0 Å². The van der Waals surface area contributed by atoms with Crippen LogP contribution in [0.5, 0.6) is 0 Å². The van der Waals surface area contributed by atoms with Crippen molar-refractivity contribution in [1.29, 1.82) is 0 Å². The Morgan fingerprint density at radius 2 is 1.89 bits per heavy atom. The fourth-order valence-electron chi connectivity index (χ4n) is 1.83. The summed E-state index contributed by atoms with van der Waals surface area (Å²) in [6.07, 6.45) is 0.949. The van der Waals surface area contributed by atoms with Crippen LogP contribution in [0.25, 0.3) is 11.0 Å². The predicted octanol–water partition coefficient (Wildman–Crippen LogP) is 2.78. The topological polar surface area (TPSA) is 47.0 Å². The zero-order valence-corrected chi connectivity index (χ0v) is 11.1. The number of hydrogen-bond donors (Lipinski definition) is 1. The SMILES string of the molecule is COCCC(C)Nc1nc2ccccc2nc1C. The molecule has 18 heavy (non-hydrogen) atoms. The molecule has 4 heteroatoms. The van der Waals surface area contributed by atoms with Crippen molar-refractivity contribution >= 4 is 16.9 Å². The molecule has 0 amide bonds. The Kier molecular flexibility index (Phi) is 4.10. The maximum absolute atomic E-state index is 5.07. The molecule has 1 N–H and O–H groups in total. The van der Waals surface area contributed by atoms with Crippen molar-refractivity contribution in [1.82, 2.24) is 9.97 Å². The van der Waals surface area contributed by atoms with Gasteiger partial charge in [0.2, 0.25) is 0 Å². The van der Waals surface area contributed by atoms with E-state index in [1.54, 1.807) is 7.11 Å². The van der Waals surface area contributed by atoms with Crippen LogP contribution in [-0.4, -0.2) is 29.7 Å². The second-order valence-corrected chi connectivity index (χ2v) is 4.47. The summed E-state index contributed by atoms with van der Waals surface area (Å²) in [5.41, 5.74) is 2.78. The largest absolute Gasteiger partial charge is 0.385 e. The van der Waals surface area contributed by atoms with Gasteiger partial charge >= 0.3 is 0 Å². The second kappa shape index (κ2) is 5.78. The molecule has 0 aliphatic rings. The first kappa shape index (κ1) is 12.8. The van der Waals surface area contributed by atoms with Gasteiger partial charge in [-0.05, 0) is 32.4 Å². The number of anilines is 1. The summed E-state index contributed by atoms with van der Waals surface area (Å²) in [6.45, 7) is 4.84. The van der Waals surface area contributed by atoms with Crippen LogP contribution in [0.15, 0.2) is 24.3 Å². The minimum atomic E-state index is 0.319. The third-order valence-electron chi connectivity index (χ3n) is 2.88. The second-order valence-electron chi connectivity index (χ2n) is 4.47. The van der Waals surface area contributed by atoms with Crippen LogP contribution in [-0.2, 0) is 4.74 Å². The average Bonchev–Trinajstić information content (AvgIpc) is 2.37. The molecule has 0 radical (unpaired) electrons. The molecule has 4 nitrogen and oxygen atoms in total.